The number of nitrogens with zero attached hydrogens (tertiary/aromatic N) is 1. The quantitative estimate of drug-likeness (QED) is 0.876. The van der Waals surface area contributed by atoms with E-state index in [0.29, 0.717) is 0 Å². The largest absolute Gasteiger partial charge is 0.365 e. The number of benzene rings is 1. The Morgan fingerprint density at radius 2 is 1.94 bits per heavy atom. The maximum Gasteiger partial charge on any atom is 0.183 e. The molecule has 0 amide bonds. The molecule has 3 nitrogen and oxygen atoms in total. The van der Waals surface area contributed by atoms with Crippen molar-refractivity contribution in [2.45, 2.75) is 19.9 Å². The summed E-state index contributed by atoms with van der Waals surface area (Å²) in [7, 11) is 1.88. The van der Waals surface area contributed by atoms with Crippen LogP contribution in [0.15, 0.2) is 24.3 Å². The third-order valence-electron chi connectivity index (χ3n) is 2.61. The standard InChI is InChI=1S/C13H17N3S/c1-8-4-6-10(7-5-8)11-12(9(2)14)17-13(15-3)16-11/h4-7,9H,14H2,1-3H3,(H,15,16). The van der Waals surface area contributed by atoms with Gasteiger partial charge in [-0.2, -0.15) is 0 Å². The highest BCUT2D eigenvalue weighted by molar-refractivity contribution is 7.16. The fraction of sp³-hybridized carbons (Fsp3) is 0.308. The number of rotatable bonds is 3. The van der Waals surface area contributed by atoms with E-state index in [9.17, 15) is 0 Å². The summed E-state index contributed by atoms with van der Waals surface area (Å²) in [5.74, 6) is 0. The van der Waals surface area contributed by atoms with Gasteiger partial charge in [-0.3, -0.25) is 0 Å². The van der Waals surface area contributed by atoms with Gasteiger partial charge in [0.05, 0.1) is 10.6 Å². The van der Waals surface area contributed by atoms with Gasteiger partial charge in [-0.15, -0.1) is 0 Å². The Kier molecular flexibility index (Phi) is 3.45. The van der Waals surface area contributed by atoms with E-state index in [1.54, 1.807) is 11.3 Å². The lowest BCUT2D eigenvalue weighted by atomic mass is 10.1. The third-order valence-corrected chi connectivity index (χ3v) is 3.88. The van der Waals surface area contributed by atoms with Gasteiger partial charge in [0, 0.05) is 18.7 Å². The Balaban J connectivity index is 2.49. The van der Waals surface area contributed by atoms with Gasteiger partial charge < -0.3 is 11.1 Å². The van der Waals surface area contributed by atoms with E-state index in [0.717, 1.165) is 21.3 Å². The molecule has 0 saturated carbocycles. The monoisotopic (exact) mass is 247 g/mol. The lowest BCUT2D eigenvalue weighted by molar-refractivity contribution is 0.837. The Bertz CT molecular complexity index is 500. The fourth-order valence-electron chi connectivity index (χ4n) is 1.67. The van der Waals surface area contributed by atoms with Crippen LogP contribution in [-0.4, -0.2) is 12.0 Å². The van der Waals surface area contributed by atoms with Crippen molar-refractivity contribution in [3.8, 4) is 11.3 Å². The molecule has 2 aromatic rings. The normalized spacial score (nSPS) is 12.5. The average molecular weight is 247 g/mol. The first-order chi connectivity index (χ1) is 8.11. The molecule has 1 aromatic carbocycles. The molecule has 1 aromatic heterocycles. The van der Waals surface area contributed by atoms with Gasteiger partial charge in [0.25, 0.3) is 0 Å². The second kappa shape index (κ2) is 4.85. The summed E-state index contributed by atoms with van der Waals surface area (Å²) in [6.07, 6.45) is 0. The van der Waals surface area contributed by atoms with Gasteiger partial charge in [-0.25, -0.2) is 4.98 Å². The van der Waals surface area contributed by atoms with Crippen LogP contribution in [0.25, 0.3) is 11.3 Å². The number of aryl methyl sites for hydroxylation is 1. The molecular formula is C13H17N3S. The molecule has 0 spiro atoms. The Labute approximate surface area is 106 Å². The summed E-state index contributed by atoms with van der Waals surface area (Å²) >= 11 is 1.62. The first-order valence-corrected chi connectivity index (χ1v) is 6.44. The van der Waals surface area contributed by atoms with E-state index in [1.807, 2.05) is 14.0 Å². The predicted molar refractivity (Wildman–Crippen MR) is 74.4 cm³/mol. The number of hydrogen-bond acceptors (Lipinski definition) is 4. The van der Waals surface area contributed by atoms with Crippen molar-refractivity contribution in [3.05, 3.63) is 34.7 Å². The Morgan fingerprint density at radius 1 is 1.29 bits per heavy atom. The molecule has 0 bridgehead atoms. The molecule has 0 radical (unpaired) electrons. The minimum absolute atomic E-state index is 0.00547. The fourth-order valence-corrected chi connectivity index (χ4v) is 2.56. The average Bonchev–Trinajstić information content (AvgIpc) is 2.74. The Morgan fingerprint density at radius 3 is 2.47 bits per heavy atom. The second-order valence-electron chi connectivity index (χ2n) is 4.14. The van der Waals surface area contributed by atoms with Crippen LogP contribution < -0.4 is 11.1 Å². The third kappa shape index (κ3) is 2.48. The highest BCUT2D eigenvalue weighted by Crippen LogP contribution is 2.34. The van der Waals surface area contributed by atoms with Gasteiger partial charge in [-0.05, 0) is 13.8 Å². The topological polar surface area (TPSA) is 50.9 Å². The molecular weight excluding hydrogens is 230 g/mol. The van der Waals surface area contributed by atoms with E-state index in [1.165, 1.54) is 5.56 Å². The van der Waals surface area contributed by atoms with Crippen LogP contribution in [0.2, 0.25) is 0 Å². The smallest absolute Gasteiger partial charge is 0.183 e. The molecule has 17 heavy (non-hydrogen) atoms. The molecule has 0 fully saturated rings. The molecule has 0 aliphatic rings. The van der Waals surface area contributed by atoms with E-state index in [4.69, 9.17) is 5.73 Å². The number of aromatic nitrogens is 1. The van der Waals surface area contributed by atoms with Gasteiger partial charge in [0.15, 0.2) is 5.13 Å². The van der Waals surface area contributed by atoms with E-state index >= 15 is 0 Å². The van der Waals surface area contributed by atoms with E-state index in [2.05, 4.69) is 41.5 Å². The van der Waals surface area contributed by atoms with Crippen LogP contribution in [0, 0.1) is 6.92 Å². The molecule has 1 atom stereocenters. The van der Waals surface area contributed by atoms with Crippen molar-refractivity contribution in [1.82, 2.24) is 4.98 Å². The van der Waals surface area contributed by atoms with E-state index in [-0.39, 0.29) is 6.04 Å². The Hall–Kier alpha value is -1.39. The lowest BCUT2D eigenvalue weighted by Crippen LogP contribution is -2.04. The van der Waals surface area contributed by atoms with Crippen LogP contribution in [0.5, 0.6) is 0 Å². The summed E-state index contributed by atoms with van der Waals surface area (Å²) in [5.41, 5.74) is 9.36. The molecule has 4 heteroatoms. The van der Waals surface area contributed by atoms with Gasteiger partial charge in [-0.1, -0.05) is 41.2 Å². The molecule has 1 unspecified atom stereocenters. The van der Waals surface area contributed by atoms with Gasteiger partial charge in [0.1, 0.15) is 0 Å². The van der Waals surface area contributed by atoms with Crippen LogP contribution >= 0.6 is 11.3 Å². The van der Waals surface area contributed by atoms with Crippen molar-refractivity contribution >= 4 is 16.5 Å². The highest BCUT2D eigenvalue weighted by atomic mass is 32.1. The van der Waals surface area contributed by atoms with Crippen LogP contribution in [0.3, 0.4) is 0 Å². The molecule has 0 aliphatic carbocycles. The number of hydrogen-bond donors (Lipinski definition) is 2. The molecule has 1 heterocycles. The first kappa shape index (κ1) is 12.1. The summed E-state index contributed by atoms with van der Waals surface area (Å²) in [6.45, 7) is 4.07. The minimum atomic E-state index is 0.00547. The maximum absolute atomic E-state index is 5.99. The summed E-state index contributed by atoms with van der Waals surface area (Å²) in [6, 6.07) is 8.38. The lowest BCUT2D eigenvalue weighted by Gasteiger charge is -2.05. The maximum atomic E-state index is 5.99. The first-order valence-electron chi connectivity index (χ1n) is 5.63. The van der Waals surface area contributed by atoms with Crippen LogP contribution in [0.4, 0.5) is 5.13 Å². The zero-order chi connectivity index (χ0) is 12.4. The van der Waals surface area contributed by atoms with Crippen molar-refractivity contribution in [2.75, 3.05) is 12.4 Å². The molecule has 2 rings (SSSR count). The van der Waals surface area contributed by atoms with Crippen molar-refractivity contribution in [3.63, 3.8) is 0 Å². The SMILES string of the molecule is CNc1nc(-c2ccc(C)cc2)c(C(C)N)s1. The summed E-state index contributed by atoms with van der Waals surface area (Å²) < 4.78 is 0. The van der Waals surface area contributed by atoms with E-state index < -0.39 is 0 Å². The summed E-state index contributed by atoms with van der Waals surface area (Å²) in [5, 5.41) is 3.99. The zero-order valence-corrected chi connectivity index (χ0v) is 11.1. The molecule has 0 aliphatic heterocycles. The molecule has 90 valence electrons. The van der Waals surface area contributed by atoms with Crippen molar-refractivity contribution < 1.29 is 0 Å². The van der Waals surface area contributed by atoms with Gasteiger partial charge in [0.2, 0.25) is 0 Å². The highest BCUT2D eigenvalue weighted by Gasteiger charge is 2.15. The molecule has 3 N–H and O–H groups in total. The zero-order valence-electron chi connectivity index (χ0n) is 10.3. The number of nitrogens with one attached hydrogen (secondary N) is 1. The van der Waals surface area contributed by atoms with Crippen molar-refractivity contribution in [2.24, 2.45) is 5.73 Å². The van der Waals surface area contributed by atoms with Crippen LogP contribution in [0.1, 0.15) is 23.4 Å². The predicted octanol–water partition coefficient (Wildman–Crippen LogP) is 3.18. The van der Waals surface area contributed by atoms with Gasteiger partial charge >= 0.3 is 0 Å². The summed E-state index contributed by atoms with van der Waals surface area (Å²) in [4.78, 5) is 5.70. The number of anilines is 1. The number of thiazole rings is 1. The van der Waals surface area contributed by atoms with Crippen molar-refractivity contribution in [1.29, 1.82) is 0 Å². The molecule has 0 saturated heterocycles. The number of nitrogens with two attached hydrogens (primary N) is 1. The second-order valence-corrected chi connectivity index (χ2v) is 5.17. The van der Waals surface area contributed by atoms with Crippen LogP contribution in [-0.2, 0) is 0 Å². The minimum Gasteiger partial charge on any atom is -0.365 e.